The van der Waals surface area contributed by atoms with Crippen LogP contribution in [0.3, 0.4) is 0 Å². The lowest BCUT2D eigenvalue weighted by Gasteiger charge is -2.35. The Bertz CT molecular complexity index is 1460. The molecule has 7 nitrogen and oxygen atoms in total. The Labute approximate surface area is 216 Å². The molecule has 1 aromatic carbocycles. The van der Waals surface area contributed by atoms with Crippen molar-refractivity contribution in [1.82, 2.24) is 20.3 Å². The zero-order valence-electron chi connectivity index (χ0n) is 21.3. The third kappa shape index (κ3) is 4.99. The van der Waals surface area contributed by atoms with Crippen molar-refractivity contribution in [2.45, 2.75) is 33.2 Å². The summed E-state index contributed by atoms with van der Waals surface area (Å²) in [7, 11) is 0. The van der Waals surface area contributed by atoms with E-state index < -0.39 is 0 Å². The van der Waals surface area contributed by atoms with E-state index in [4.69, 9.17) is 14.7 Å². The number of fused-ring (bicyclic) bond motifs is 2. The van der Waals surface area contributed by atoms with Gasteiger partial charge in [-0.1, -0.05) is 19.9 Å². The minimum absolute atomic E-state index is 0.124. The highest BCUT2D eigenvalue weighted by molar-refractivity contribution is 5.94. The Kier molecular flexibility index (Phi) is 6.20. The van der Waals surface area contributed by atoms with Crippen LogP contribution in [0.4, 0.5) is 5.82 Å². The van der Waals surface area contributed by atoms with Crippen LogP contribution >= 0.6 is 0 Å². The van der Waals surface area contributed by atoms with E-state index in [2.05, 4.69) is 41.2 Å². The molecule has 37 heavy (non-hydrogen) atoms. The lowest BCUT2D eigenvalue weighted by Crippen LogP contribution is -2.39. The molecular formula is C30H31N5O2. The Morgan fingerprint density at radius 2 is 1.86 bits per heavy atom. The minimum atomic E-state index is -0.124. The van der Waals surface area contributed by atoms with Gasteiger partial charge in [-0.05, 0) is 72.4 Å². The van der Waals surface area contributed by atoms with E-state index in [0.717, 1.165) is 64.6 Å². The van der Waals surface area contributed by atoms with Crippen LogP contribution in [-0.2, 0) is 13.0 Å². The molecule has 5 heterocycles. The van der Waals surface area contributed by atoms with E-state index in [1.54, 1.807) is 12.3 Å². The summed E-state index contributed by atoms with van der Waals surface area (Å²) in [6.45, 7) is 7.69. The Morgan fingerprint density at radius 1 is 1.03 bits per heavy atom. The van der Waals surface area contributed by atoms with E-state index in [-0.39, 0.29) is 5.91 Å². The van der Waals surface area contributed by atoms with Gasteiger partial charge in [0.15, 0.2) is 0 Å². The number of nitrogens with zero attached hydrogens (tertiary/aromatic N) is 4. The summed E-state index contributed by atoms with van der Waals surface area (Å²) in [5.74, 6) is 3.08. The molecule has 0 aliphatic carbocycles. The molecular weight excluding hydrogens is 462 g/mol. The molecule has 2 atom stereocenters. The second-order valence-electron chi connectivity index (χ2n) is 10.4. The number of carbonyl (C=O) groups is 1. The van der Waals surface area contributed by atoms with E-state index in [0.29, 0.717) is 30.6 Å². The number of amides is 1. The van der Waals surface area contributed by atoms with E-state index >= 15 is 0 Å². The molecule has 0 saturated carbocycles. The van der Waals surface area contributed by atoms with Gasteiger partial charge in [0.05, 0.1) is 35.8 Å². The molecule has 3 aromatic heterocycles. The average molecular weight is 494 g/mol. The number of pyridine rings is 3. The molecule has 1 amide bonds. The van der Waals surface area contributed by atoms with Crippen LogP contribution in [0.15, 0.2) is 60.8 Å². The summed E-state index contributed by atoms with van der Waals surface area (Å²) in [4.78, 5) is 29.5. The first kappa shape index (κ1) is 23.4. The first-order valence-electron chi connectivity index (χ1n) is 13.0. The molecule has 4 aromatic rings. The molecule has 7 heteroatoms. The highest BCUT2D eigenvalue weighted by Gasteiger charge is 2.23. The Morgan fingerprint density at radius 3 is 2.73 bits per heavy atom. The molecule has 188 valence electrons. The van der Waals surface area contributed by atoms with Crippen molar-refractivity contribution in [2.24, 2.45) is 11.8 Å². The topological polar surface area (TPSA) is 80.2 Å². The van der Waals surface area contributed by atoms with E-state index in [9.17, 15) is 4.79 Å². The van der Waals surface area contributed by atoms with Crippen LogP contribution < -0.4 is 15.0 Å². The third-order valence-corrected chi connectivity index (χ3v) is 7.20. The normalized spacial score (nSPS) is 18.9. The van der Waals surface area contributed by atoms with Gasteiger partial charge in [-0.25, -0.2) is 9.97 Å². The fourth-order valence-corrected chi connectivity index (χ4v) is 5.49. The minimum Gasteiger partial charge on any atom is -0.493 e. The predicted octanol–water partition coefficient (Wildman–Crippen LogP) is 5.04. The molecule has 1 N–H and O–H groups in total. The Hall–Kier alpha value is -4.00. The van der Waals surface area contributed by atoms with Gasteiger partial charge in [-0.2, -0.15) is 0 Å². The summed E-state index contributed by atoms with van der Waals surface area (Å²) in [6.07, 6.45) is 3.91. The predicted molar refractivity (Wildman–Crippen MR) is 145 cm³/mol. The lowest BCUT2D eigenvalue weighted by molar-refractivity contribution is 0.0950. The van der Waals surface area contributed by atoms with E-state index in [1.807, 2.05) is 36.4 Å². The number of piperidine rings is 1. The summed E-state index contributed by atoms with van der Waals surface area (Å²) in [6, 6.07) is 17.7. The van der Waals surface area contributed by atoms with Crippen LogP contribution in [-0.4, -0.2) is 40.6 Å². The van der Waals surface area contributed by atoms with Gasteiger partial charge in [-0.3, -0.25) is 9.78 Å². The molecule has 1 fully saturated rings. The van der Waals surface area contributed by atoms with Crippen LogP contribution in [0.25, 0.3) is 22.3 Å². The zero-order valence-corrected chi connectivity index (χ0v) is 21.3. The summed E-state index contributed by atoms with van der Waals surface area (Å²) in [5.41, 5.74) is 4.99. The third-order valence-electron chi connectivity index (χ3n) is 7.20. The molecule has 2 aliphatic heterocycles. The van der Waals surface area contributed by atoms with Crippen molar-refractivity contribution >= 4 is 22.6 Å². The zero-order chi connectivity index (χ0) is 25.4. The summed E-state index contributed by atoms with van der Waals surface area (Å²) < 4.78 is 5.54. The number of hydrogen-bond acceptors (Lipinski definition) is 6. The first-order chi connectivity index (χ1) is 18.0. The van der Waals surface area contributed by atoms with Crippen LogP contribution in [0.5, 0.6) is 5.75 Å². The number of nitrogens with one attached hydrogen (secondary N) is 1. The number of carbonyl (C=O) groups excluding carboxylic acids is 1. The van der Waals surface area contributed by atoms with Crippen molar-refractivity contribution < 1.29 is 9.53 Å². The molecule has 0 unspecified atom stereocenters. The molecule has 0 spiro atoms. The highest BCUT2D eigenvalue weighted by atomic mass is 16.5. The second kappa shape index (κ2) is 9.81. The first-order valence-corrected chi connectivity index (χ1v) is 13.0. The van der Waals surface area contributed by atoms with Crippen molar-refractivity contribution in [3.63, 3.8) is 0 Å². The van der Waals surface area contributed by atoms with Crippen molar-refractivity contribution in [3.05, 3.63) is 77.6 Å². The smallest absolute Gasteiger partial charge is 0.251 e. The maximum Gasteiger partial charge on any atom is 0.251 e. The molecule has 1 saturated heterocycles. The van der Waals surface area contributed by atoms with Gasteiger partial charge in [0, 0.05) is 36.7 Å². The number of benzene rings is 1. The molecule has 0 bridgehead atoms. The maximum atomic E-state index is 12.7. The van der Waals surface area contributed by atoms with E-state index in [1.165, 1.54) is 6.42 Å². The maximum absolute atomic E-state index is 12.7. The number of ether oxygens (including phenoxy) is 1. The largest absolute Gasteiger partial charge is 0.493 e. The van der Waals surface area contributed by atoms with Crippen LogP contribution in [0.1, 0.15) is 41.9 Å². The van der Waals surface area contributed by atoms with Gasteiger partial charge in [0.25, 0.3) is 5.91 Å². The van der Waals surface area contributed by atoms with Gasteiger partial charge in [0.1, 0.15) is 11.6 Å². The fraction of sp³-hybridized carbons (Fsp3) is 0.333. The SMILES string of the molecule is C[C@@H]1C[C@H](C)CN(c2cccc(-c3ccc4cnc(CNC(=O)c5ccc6c(c5)CCO6)cc4n3)n2)C1. The molecule has 0 radical (unpaired) electrons. The van der Waals surface area contributed by atoms with Gasteiger partial charge >= 0.3 is 0 Å². The number of hydrogen-bond donors (Lipinski definition) is 1. The number of rotatable bonds is 5. The number of aromatic nitrogens is 3. The Balaban J connectivity index is 1.19. The van der Waals surface area contributed by atoms with Gasteiger partial charge in [-0.15, -0.1) is 0 Å². The number of anilines is 1. The fourth-order valence-electron chi connectivity index (χ4n) is 5.49. The average Bonchev–Trinajstić information content (AvgIpc) is 3.39. The summed E-state index contributed by atoms with van der Waals surface area (Å²) in [5, 5.41) is 3.93. The van der Waals surface area contributed by atoms with Crippen molar-refractivity contribution in [3.8, 4) is 17.1 Å². The van der Waals surface area contributed by atoms with Crippen molar-refractivity contribution in [1.29, 1.82) is 0 Å². The summed E-state index contributed by atoms with van der Waals surface area (Å²) >= 11 is 0. The standard InChI is InChI=1S/C30H31N5O2/c1-19-12-20(2)18-35(17-19)29-5-3-4-25(34-29)26-8-6-23-15-31-24(14-27(23)33-26)16-32-30(36)22-7-9-28-21(13-22)10-11-37-28/h3-9,13-15,19-20H,10-12,16-18H2,1-2H3,(H,32,36)/t19-,20+. The second-order valence-corrected chi connectivity index (χ2v) is 10.4. The lowest BCUT2D eigenvalue weighted by atomic mass is 9.92. The quantitative estimate of drug-likeness (QED) is 0.420. The highest BCUT2D eigenvalue weighted by Crippen LogP contribution is 2.28. The van der Waals surface area contributed by atoms with Gasteiger partial charge in [0.2, 0.25) is 0 Å². The van der Waals surface area contributed by atoms with Crippen molar-refractivity contribution in [2.75, 3.05) is 24.6 Å². The monoisotopic (exact) mass is 493 g/mol. The van der Waals surface area contributed by atoms with Gasteiger partial charge < -0.3 is 15.0 Å². The molecule has 2 aliphatic rings. The molecule has 6 rings (SSSR count). The van der Waals surface area contributed by atoms with Crippen LogP contribution in [0, 0.1) is 11.8 Å². The van der Waals surface area contributed by atoms with Crippen LogP contribution in [0.2, 0.25) is 0 Å².